The number of hydrogen-bond donors (Lipinski definition) is 3. The van der Waals surface area contributed by atoms with Crippen molar-refractivity contribution in [2.45, 2.75) is 31.9 Å². The summed E-state index contributed by atoms with van der Waals surface area (Å²) in [7, 11) is 1.67. The third-order valence-corrected chi connectivity index (χ3v) is 4.98. The van der Waals surface area contributed by atoms with Crippen molar-refractivity contribution in [3.63, 3.8) is 0 Å². The zero-order valence-corrected chi connectivity index (χ0v) is 16.2. The summed E-state index contributed by atoms with van der Waals surface area (Å²) in [5.74, 6) is 0.840. The first-order valence-corrected chi connectivity index (χ1v) is 9.20. The van der Waals surface area contributed by atoms with Crippen LogP contribution in [0.4, 0.5) is 0 Å². The lowest BCUT2D eigenvalue weighted by atomic mass is 9.94. The molecule has 1 atom stereocenters. The molecule has 0 aliphatic heterocycles. The quantitative estimate of drug-likeness (QED) is 0.455. The molecule has 3 heterocycles. The summed E-state index contributed by atoms with van der Waals surface area (Å²) in [6.07, 6.45) is 3.94. The number of benzene rings is 1. The number of aromatic nitrogens is 5. The number of rotatable bonds is 7. The summed E-state index contributed by atoms with van der Waals surface area (Å²) in [4.78, 5) is 3.31. The van der Waals surface area contributed by atoms with E-state index in [9.17, 15) is 5.11 Å². The number of aliphatic hydroxyl groups is 1. The number of hydrogen-bond acceptors (Lipinski definition) is 6. The topological polar surface area (TPSA) is 100 Å². The van der Waals surface area contributed by atoms with Gasteiger partial charge in [0, 0.05) is 40.9 Å². The zero-order chi connectivity index (χ0) is 19.7. The molecular formula is C20H24N6O2. The van der Waals surface area contributed by atoms with E-state index in [1.165, 1.54) is 5.56 Å². The number of ether oxygens (including phenoxy) is 1. The second kappa shape index (κ2) is 7.21. The average Bonchev–Trinajstić information content (AvgIpc) is 3.32. The van der Waals surface area contributed by atoms with Crippen LogP contribution in [0.1, 0.15) is 31.1 Å². The van der Waals surface area contributed by atoms with Gasteiger partial charge in [-0.05, 0) is 60.5 Å². The van der Waals surface area contributed by atoms with E-state index in [1.54, 1.807) is 23.9 Å². The maximum absolute atomic E-state index is 10.6. The Labute approximate surface area is 162 Å². The van der Waals surface area contributed by atoms with Gasteiger partial charge in [-0.25, -0.2) is 4.52 Å². The van der Waals surface area contributed by atoms with Crippen molar-refractivity contribution < 1.29 is 9.84 Å². The van der Waals surface area contributed by atoms with Crippen LogP contribution in [-0.2, 0) is 6.42 Å². The SMILES string of the molecule is COc1ccc2[nH]cc(CC(C)(C)NCC(O)c3ccc4nnnn4c3)c2c1. The van der Waals surface area contributed by atoms with Gasteiger partial charge in [0.2, 0.25) is 0 Å². The lowest BCUT2D eigenvalue weighted by molar-refractivity contribution is 0.160. The summed E-state index contributed by atoms with van der Waals surface area (Å²) in [5.41, 5.74) is 3.49. The van der Waals surface area contributed by atoms with Crippen molar-refractivity contribution in [2.75, 3.05) is 13.7 Å². The lowest BCUT2D eigenvalue weighted by Crippen LogP contribution is -2.43. The number of β-amino-alcohol motifs (C(OH)–C–C–N with tert-alkyl or cyclic N) is 1. The second-order valence-corrected chi connectivity index (χ2v) is 7.63. The fourth-order valence-corrected chi connectivity index (χ4v) is 3.41. The van der Waals surface area contributed by atoms with Crippen LogP contribution >= 0.6 is 0 Å². The molecule has 0 saturated carbocycles. The normalized spacial score (nSPS) is 13.3. The van der Waals surface area contributed by atoms with Crippen LogP contribution in [0.3, 0.4) is 0 Å². The molecule has 146 valence electrons. The van der Waals surface area contributed by atoms with Gasteiger partial charge in [0.1, 0.15) is 5.75 Å². The molecule has 0 amide bonds. The number of nitrogens with one attached hydrogen (secondary N) is 2. The predicted octanol–water partition coefficient (Wildman–Crippen LogP) is 2.26. The molecule has 0 aliphatic rings. The molecule has 0 spiro atoms. The molecule has 0 fully saturated rings. The van der Waals surface area contributed by atoms with Gasteiger partial charge in [0.05, 0.1) is 13.2 Å². The smallest absolute Gasteiger partial charge is 0.179 e. The molecule has 3 N–H and O–H groups in total. The first kappa shape index (κ1) is 18.4. The van der Waals surface area contributed by atoms with Gasteiger partial charge in [-0.15, -0.1) is 5.10 Å². The summed E-state index contributed by atoms with van der Waals surface area (Å²) < 4.78 is 6.91. The zero-order valence-electron chi connectivity index (χ0n) is 16.2. The van der Waals surface area contributed by atoms with Gasteiger partial charge in [-0.3, -0.25) is 0 Å². The van der Waals surface area contributed by atoms with Crippen molar-refractivity contribution in [3.8, 4) is 5.75 Å². The molecule has 8 heteroatoms. The van der Waals surface area contributed by atoms with Crippen LogP contribution in [-0.4, -0.2) is 49.3 Å². The van der Waals surface area contributed by atoms with Crippen molar-refractivity contribution in [1.29, 1.82) is 0 Å². The Morgan fingerprint density at radius 3 is 2.96 bits per heavy atom. The van der Waals surface area contributed by atoms with Gasteiger partial charge < -0.3 is 20.1 Å². The largest absolute Gasteiger partial charge is 0.497 e. The predicted molar refractivity (Wildman–Crippen MR) is 106 cm³/mol. The Balaban J connectivity index is 1.45. The Morgan fingerprint density at radius 1 is 1.29 bits per heavy atom. The highest BCUT2D eigenvalue weighted by atomic mass is 16.5. The minimum absolute atomic E-state index is 0.210. The van der Waals surface area contributed by atoms with Crippen LogP contribution < -0.4 is 10.1 Å². The number of H-pyrrole nitrogens is 1. The fourth-order valence-electron chi connectivity index (χ4n) is 3.41. The number of aromatic amines is 1. The number of nitrogens with zero attached hydrogens (tertiary/aromatic N) is 4. The number of pyridine rings is 1. The Kier molecular flexibility index (Phi) is 4.74. The van der Waals surface area contributed by atoms with E-state index in [2.05, 4.69) is 39.7 Å². The number of fused-ring (bicyclic) bond motifs is 2. The van der Waals surface area contributed by atoms with Crippen LogP contribution in [0, 0.1) is 0 Å². The lowest BCUT2D eigenvalue weighted by Gasteiger charge is -2.28. The van der Waals surface area contributed by atoms with Crippen molar-refractivity contribution in [3.05, 3.63) is 53.9 Å². The van der Waals surface area contributed by atoms with E-state index in [4.69, 9.17) is 4.74 Å². The highest BCUT2D eigenvalue weighted by Crippen LogP contribution is 2.26. The van der Waals surface area contributed by atoms with E-state index in [0.29, 0.717) is 12.2 Å². The fraction of sp³-hybridized carbons (Fsp3) is 0.350. The van der Waals surface area contributed by atoms with E-state index >= 15 is 0 Å². The highest BCUT2D eigenvalue weighted by Gasteiger charge is 2.22. The number of methoxy groups -OCH3 is 1. The molecule has 1 aromatic carbocycles. The van der Waals surface area contributed by atoms with Crippen LogP contribution in [0.25, 0.3) is 16.6 Å². The average molecular weight is 380 g/mol. The Bertz CT molecular complexity index is 1100. The molecule has 28 heavy (non-hydrogen) atoms. The molecule has 0 radical (unpaired) electrons. The number of aliphatic hydroxyl groups excluding tert-OH is 1. The van der Waals surface area contributed by atoms with Crippen LogP contribution in [0.15, 0.2) is 42.7 Å². The molecule has 0 bridgehead atoms. The Hall–Kier alpha value is -2.97. The minimum atomic E-state index is -0.657. The van der Waals surface area contributed by atoms with Gasteiger partial charge in [0.25, 0.3) is 0 Å². The first-order valence-electron chi connectivity index (χ1n) is 9.20. The summed E-state index contributed by atoms with van der Waals surface area (Å²) in [6, 6.07) is 9.66. The molecule has 4 aromatic rings. The molecule has 0 aliphatic carbocycles. The highest BCUT2D eigenvalue weighted by molar-refractivity contribution is 5.84. The van der Waals surface area contributed by atoms with Crippen LogP contribution in [0.5, 0.6) is 5.75 Å². The Morgan fingerprint density at radius 2 is 2.14 bits per heavy atom. The van der Waals surface area contributed by atoms with E-state index in [0.717, 1.165) is 28.6 Å². The molecule has 3 aromatic heterocycles. The van der Waals surface area contributed by atoms with Crippen molar-refractivity contribution in [1.82, 2.24) is 30.3 Å². The maximum Gasteiger partial charge on any atom is 0.179 e. The second-order valence-electron chi connectivity index (χ2n) is 7.63. The third kappa shape index (κ3) is 3.69. The van der Waals surface area contributed by atoms with E-state index in [1.807, 2.05) is 30.5 Å². The molecule has 8 nitrogen and oxygen atoms in total. The van der Waals surface area contributed by atoms with Crippen molar-refractivity contribution in [2.24, 2.45) is 0 Å². The summed E-state index contributed by atoms with van der Waals surface area (Å²) in [5, 5.41) is 26.6. The van der Waals surface area contributed by atoms with Gasteiger partial charge in [-0.1, -0.05) is 6.07 Å². The minimum Gasteiger partial charge on any atom is -0.497 e. The van der Waals surface area contributed by atoms with E-state index < -0.39 is 6.10 Å². The van der Waals surface area contributed by atoms with Gasteiger partial charge >= 0.3 is 0 Å². The van der Waals surface area contributed by atoms with Gasteiger partial charge in [-0.2, -0.15) is 0 Å². The maximum atomic E-state index is 10.6. The third-order valence-electron chi connectivity index (χ3n) is 4.98. The van der Waals surface area contributed by atoms with Gasteiger partial charge in [0.15, 0.2) is 5.65 Å². The monoisotopic (exact) mass is 380 g/mol. The van der Waals surface area contributed by atoms with Crippen molar-refractivity contribution >= 4 is 16.6 Å². The molecule has 1 unspecified atom stereocenters. The van der Waals surface area contributed by atoms with E-state index in [-0.39, 0.29) is 5.54 Å². The standard InChI is InChI=1S/C20H24N6O2/c1-20(2,9-14-10-21-17-6-5-15(28-3)8-16(14)17)22-11-18(27)13-4-7-19-23-24-25-26(19)12-13/h4-8,10,12,18,21-22,27H,9,11H2,1-3H3. The summed E-state index contributed by atoms with van der Waals surface area (Å²) in [6.45, 7) is 4.68. The molecule has 0 saturated heterocycles. The first-order chi connectivity index (χ1) is 13.4. The molecule has 4 rings (SSSR count). The summed E-state index contributed by atoms with van der Waals surface area (Å²) >= 11 is 0. The van der Waals surface area contributed by atoms with Crippen LogP contribution in [0.2, 0.25) is 0 Å². The number of tetrazole rings is 1. The molecular weight excluding hydrogens is 356 g/mol.